The molecule has 2 rings (SSSR count). The number of nitro groups is 1. The maximum absolute atomic E-state index is 12.1. The molecule has 1 aromatic heterocycles. The van der Waals surface area contributed by atoms with Crippen LogP contribution < -0.4 is 4.72 Å². The third kappa shape index (κ3) is 3.92. The first-order valence-corrected chi connectivity index (χ1v) is 9.16. The van der Waals surface area contributed by atoms with Gasteiger partial charge in [-0.05, 0) is 32.9 Å². The van der Waals surface area contributed by atoms with Gasteiger partial charge in [-0.15, -0.1) is 11.3 Å². The van der Waals surface area contributed by atoms with E-state index in [4.69, 9.17) is 11.6 Å². The minimum absolute atomic E-state index is 0.0905. The van der Waals surface area contributed by atoms with Crippen LogP contribution in [0.2, 0.25) is 4.34 Å². The summed E-state index contributed by atoms with van der Waals surface area (Å²) in [6.45, 7) is 4.17. The third-order valence-corrected chi connectivity index (χ3v) is 6.68. The lowest BCUT2D eigenvalue weighted by Crippen LogP contribution is -2.40. The summed E-state index contributed by atoms with van der Waals surface area (Å²) >= 11 is 6.38. The van der Waals surface area contributed by atoms with Gasteiger partial charge < -0.3 is 0 Å². The van der Waals surface area contributed by atoms with E-state index in [1.807, 2.05) is 6.92 Å². The van der Waals surface area contributed by atoms with Crippen molar-refractivity contribution in [1.29, 1.82) is 0 Å². The second-order valence-corrected chi connectivity index (χ2v) is 8.57. The van der Waals surface area contributed by atoms with E-state index in [1.165, 1.54) is 0 Å². The van der Waals surface area contributed by atoms with Crippen molar-refractivity contribution in [2.24, 2.45) is 0 Å². The third-order valence-electron chi connectivity index (χ3n) is 3.44. The molecule has 2 heterocycles. The zero-order chi connectivity index (χ0) is 15.6. The minimum Gasteiger partial charge on any atom is -0.299 e. The number of nitrogens with one attached hydrogen (secondary N) is 1. The number of halogens is 1. The Bertz CT molecular complexity index is 625. The van der Waals surface area contributed by atoms with Gasteiger partial charge in [0.05, 0.1) is 4.92 Å². The molecule has 10 heteroatoms. The lowest BCUT2D eigenvalue weighted by molar-refractivity contribution is -0.384. The topological polar surface area (TPSA) is 92.5 Å². The molecule has 1 aliphatic rings. The second-order valence-electron chi connectivity index (χ2n) is 4.93. The SMILES string of the molecule is CC(CNS(=O)(=O)c1cc([N+](=O)[O-])c(Cl)s1)N1CCCC1. The first kappa shape index (κ1) is 16.6. The van der Waals surface area contributed by atoms with E-state index in [-0.39, 0.29) is 26.8 Å². The van der Waals surface area contributed by atoms with Gasteiger partial charge in [-0.2, -0.15) is 0 Å². The molecule has 0 bridgehead atoms. The molecule has 118 valence electrons. The monoisotopic (exact) mass is 353 g/mol. The lowest BCUT2D eigenvalue weighted by atomic mass is 10.3. The molecular formula is C11H16ClN3O4S2. The highest BCUT2D eigenvalue weighted by atomic mass is 35.5. The maximum atomic E-state index is 12.1. The molecule has 0 aliphatic carbocycles. The van der Waals surface area contributed by atoms with Gasteiger partial charge in [0, 0.05) is 18.7 Å². The van der Waals surface area contributed by atoms with E-state index in [1.54, 1.807) is 0 Å². The van der Waals surface area contributed by atoms with E-state index in [9.17, 15) is 18.5 Å². The largest absolute Gasteiger partial charge is 0.300 e. The van der Waals surface area contributed by atoms with Gasteiger partial charge in [-0.25, -0.2) is 13.1 Å². The highest BCUT2D eigenvalue weighted by Gasteiger charge is 2.26. The van der Waals surface area contributed by atoms with Crippen LogP contribution in [0.5, 0.6) is 0 Å². The molecular weight excluding hydrogens is 338 g/mol. The number of hydrogen-bond donors (Lipinski definition) is 1. The Kier molecular flexibility index (Phi) is 5.20. The first-order chi connectivity index (χ1) is 9.81. The van der Waals surface area contributed by atoms with E-state index in [2.05, 4.69) is 9.62 Å². The van der Waals surface area contributed by atoms with Gasteiger partial charge in [0.2, 0.25) is 10.0 Å². The average molecular weight is 354 g/mol. The molecule has 1 unspecified atom stereocenters. The molecule has 0 spiro atoms. The fraction of sp³-hybridized carbons (Fsp3) is 0.636. The van der Waals surface area contributed by atoms with Gasteiger partial charge in [0.15, 0.2) is 4.34 Å². The summed E-state index contributed by atoms with van der Waals surface area (Å²) in [7, 11) is -3.77. The normalized spacial score (nSPS) is 18.0. The molecule has 7 nitrogen and oxygen atoms in total. The van der Waals surface area contributed by atoms with Crippen molar-refractivity contribution in [3.05, 3.63) is 20.5 Å². The van der Waals surface area contributed by atoms with Crippen LogP contribution in [-0.2, 0) is 10.0 Å². The summed E-state index contributed by atoms with van der Waals surface area (Å²) in [5, 5.41) is 10.7. The average Bonchev–Trinajstić information content (AvgIpc) is 3.05. The van der Waals surface area contributed by atoms with Gasteiger partial charge in [0.25, 0.3) is 5.69 Å². The first-order valence-electron chi connectivity index (χ1n) is 6.48. The van der Waals surface area contributed by atoms with Crippen LogP contribution in [0.3, 0.4) is 0 Å². The molecule has 0 saturated carbocycles. The lowest BCUT2D eigenvalue weighted by Gasteiger charge is -2.23. The van der Waals surface area contributed by atoms with Crippen LogP contribution in [0.1, 0.15) is 19.8 Å². The fourth-order valence-electron chi connectivity index (χ4n) is 2.21. The molecule has 21 heavy (non-hydrogen) atoms. The summed E-state index contributed by atoms with van der Waals surface area (Å²) in [4.78, 5) is 12.2. The van der Waals surface area contributed by atoms with Crippen LogP contribution in [-0.4, -0.2) is 43.9 Å². The summed E-state index contributed by atoms with van der Waals surface area (Å²) < 4.78 is 26.5. The molecule has 1 N–H and O–H groups in total. The minimum atomic E-state index is -3.77. The van der Waals surface area contributed by atoms with Crippen molar-refractivity contribution in [1.82, 2.24) is 9.62 Å². The Morgan fingerprint density at radius 1 is 1.52 bits per heavy atom. The second kappa shape index (κ2) is 6.57. The number of hydrogen-bond acceptors (Lipinski definition) is 6. The van der Waals surface area contributed by atoms with Crippen LogP contribution in [0.15, 0.2) is 10.3 Å². The number of thiophene rings is 1. The van der Waals surface area contributed by atoms with Gasteiger partial charge >= 0.3 is 0 Å². The zero-order valence-electron chi connectivity index (χ0n) is 11.4. The van der Waals surface area contributed by atoms with Crippen molar-refractivity contribution in [3.63, 3.8) is 0 Å². The number of nitrogens with zero attached hydrogens (tertiary/aromatic N) is 2. The van der Waals surface area contributed by atoms with E-state index in [0.717, 1.165) is 32.0 Å². The molecule has 0 amide bonds. The van der Waals surface area contributed by atoms with E-state index < -0.39 is 14.9 Å². The standard InChI is InChI=1S/C11H16ClN3O4S2/c1-8(14-4-2-3-5-14)7-13-21(18,19)10-6-9(15(16)17)11(12)20-10/h6,8,13H,2-5,7H2,1H3. The molecule has 0 radical (unpaired) electrons. The van der Waals surface area contributed by atoms with Crippen molar-refractivity contribution >= 4 is 38.6 Å². The van der Waals surface area contributed by atoms with Crippen molar-refractivity contribution < 1.29 is 13.3 Å². The summed E-state index contributed by atoms with van der Waals surface area (Å²) in [5.41, 5.74) is -0.380. The number of sulfonamides is 1. The maximum Gasteiger partial charge on any atom is 0.300 e. The van der Waals surface area contributed by atoms with Crippen molar-refractivity contribution in [2.45, 2.75) is 30.0 Å². The molecule has 1 fully saturated rings. The Hall–Kier alpha value is -0.740. The summed E-state index contributed by atoms with van der Waals surface area (Å²) in [6.07, 6.45) is 2.26. The zero-order valence-corrected chi connectivity index (χ0v) is 13.8. The molecule has 1 aliphatic heterocycles. The number of likely N-dealkylation sites (tertiary alicyclic amines) is 1. The van der Waals surface area contributed by atoms with Gasteiger partial charge in [-0.3, -0.25) is 15.0 Å². The number of rotatable bonds is 6. The highest BCUT2D eigenvalue weighted by molar-refractivity contribution is 7.91. The van der Waals surface area contributed by atoms with Crippen LogP contribution in [0.25, 0.3) is 0 Å². The molecule has 0 aromatic carbocycles. The van der Waals surface area contributed by atoms with Crippen LogP contribution >= 0.6 is 22.9 Å². The fourth-order valence-corrected chi connectivity index (χ4v) is 5.04. The van der Waals surface area contributed by atoms with Crippen LogP contribution in [0.4, 0.5) is 5.69 Å². The Morgan fingerprint density at radius 3 is 2.67 bits per heavy atom. The molecule has 1 atom stereocenters. The Morgan fingerprint density at radius 2 is 2.14 bits per heavy atom. The van der Waals surface area contributed by atoms with Crippen LogP contribution in [0, 0.1) is 10.1 Å². The molecule has 1 saturated heterocycles. The quantitative estimate of drug-likeness (QED) is 0.624. The van der Waals surface area contributed by atoms with Gasteiger partial charge in [0.1, 0.15) is 4.21 Å². The predicted octanol–water partition coefficient (Wildman–Crippen LogP) is 2.07. The summed E-state index contributed by atoms with van der Waals surface area (Å²) in [5.74, 6) is 0. The van der Waals surface area contributed by atoms with Crippen molar-refractivity contribution in [2.75, 3.05) is 19.6 Å². The van der Waals surface area contributed by atoms with E-state index in [0.29, 0.717) is 11.3 Å². The summed E-state index contributed by atoms with van der Waals surface area (Å²) in [6, 6.07) is 1.09. The highest BCUT2D eigenvalue weighted by Crippen LogP contribution is 2.36. The smallest absolute Gasteiger partial charge is 0.299 e. The van der Waals surface area contributed by atoms with Gasteiger partial charge in [-0.1, -0.05) is 11.6 Å². The Balaban J connectivity index is 2.04. The molecule has 1 aromatic rings. The predicted molar refractivity (Wildman–Crippen MR) is 81.4 cm³/mol. The van der Waals surface area contributed by atoms with E-state index >= 15 is 0 Å². The van der Waals surface area contributed by atoms with Crippen molar-refractivity contribution in [3.8, 4) is 0 Å². The Labute approximate surface area is 132 Å².